The molecule has 9 heteroatoms. The molecular weight excluding hydrogens is 436 g/mol. The van der Waals surface area contributed by atoms with Crippen LogP contribution in [0, 0.1) is 0 Å². The van der Waals surface area contributed by atoms with Gasteiger partial charge in [0.15, 0.2) is 5.16 Å². The summed E-state index contributed by atoms with van der Waals surface area (Å²) < 4.78 is 7.50. The first-order valence-corrected chi connectivity index (χ1v) is 12.1. The van der Waals surface area contributed by atoms with Crippen LogP contribution in [-0.4, -0.2) is 64.3 Å². The second-order valence-electron chi connectivity index (χ2n) is 7.80. The lowest BCUT2D eigenvalue weighted by Crippen LogP contribution is -2.37. The van der Waals surface area contributed by atoms with E-state index in [1.54, 1.807) is 0 Å². The van der Waals surface area contributed by atoms with Gasteiger partial charge < -0.3 is 19.9 Å². The zero-order valence-electron chi connectivity index (χ0n) is 18.2. The molecule has 33 heavy (non-hydrogen) atoms. The lowest BCUT2D eigenvalue weighted by atomic mass is 10.1. The number of nitrogens with one attached hydrogen (secondary N) is 2. The molecule has 170 valence electrons. The summed E-state index contributed by atoms with van der Waals surface area (Å²) in [5, 5.41) is 13.8. The van der Waals surface area contributed by atoms with E-state index >= 15 is 0 Å². The van der Waals surface area contributed by atoms with Crippen molar-refractivity contribution in [3.63, 3.8) is 0 Å². The molecule has 0 unspecified atom stereocenters. The zero-order valence-corrected chi connectivity index (χ0v) is 19.1. The summed E-state index contributed by atoms with van der Waals surface area (Å²) in [6, 6.07) is 18.2. The predicted molar refractivity (Wildman–Crippen MR) is 130 cm³/mol. The van der Waals surface area contributed by atoms with Gasteiger partial charge in [-0.2, -0.15) is 0 Å². The zero-order chi connectivity index (χ0) is 22.5. The lowest BCUT2D eigenvalue weighted by molar-refractivity contribution is -0.118. The van der Waals surface area contributed by atoms with E-state index in [-0.39, 0.29) is 11.7 Å². The number of para-hydroxylation sites is 2. The number of ether oxygens (including phenoxy) is 1. The lowest BCUT2D eigenvalue weighted by Gasteiger charge is -2.27. The average Bonchev–Trinajstić information content (AvgIpc) is 3.48. The van der Waals surface area contributed by atoms with Crippen molar-refractivity contribution < 1.29 is 9.53 Å². The molecule has 1 amide bonds. The number of thioether (sulfide) groups is 1. The number of hydrogen-bond acceptors (Lipinski definition) is 6. The van der Waals surface area contributed by atoms with Crippen LogP contribution in [0.1, 0.15) is 5.56 Å². The van der Waals surface area contributed by atoms with Crippen LogP contribution in [0.4, 0.5) is 5.95 Å². The summed E-state index contributed by atoms with van der Waals surface area (Å²) in [6.07, 6.45) is 2.79. The molecule has 8 nitrogen and oxygen atoms in total. The molecular formula is C24H26N6O2S. The summed E-state index contributed by atoms with van der Waals surface area (Å²) in [4.78, 5) is 18.0. The molecule has 2 aromatic carbocycles. The van der Waals surface area contributed by atoms with Crippen molar-refractivity contribution in [3.8, 4) is 5.69 Å². The highest BCUT2D eigenvalue weighted by molar-refractivity contribution is 7.99. The number of morpholine rings is 1. The molecule has 4 aromatic rings. The van der Waals surface area contributed by atoms with Crippen molar-refractivity contribution in [3.05, 3.63) is 66.4 Å². The highest BCUT2D eigenvalue weighted by Crippen LogP contribution is 2.27. The van der Waals surface area contributed by atoms with E-state index in [9.17, 15) is 4.79 Å². The van der Waals surface area contributed by atoms with Crippen molar-refractivity contribution in [1.82, 2.24) is 25.1 Å². The number of nitrogens with zero attached hydrogens (tertiary/aromatic N) is 4. The highest BCUT2D eigenvalue weighted by Gasteiger charge is 2.22. The van der Waals surface area contributed by atoms with Gasteiger partial charge in [-0.3, -0.25) is 9.36 Å². The molecule has 0 atom stereocenters. The van der Waals surface area contributed by atoms with Gasteiger partial charge in [0.2, 0.25) is 11.9 Å². The minimum Gasteiger partial charge on any atom is -0.378 e. The van der Waals surface area contributed by atoms with Crippen LogP contribution < -0.4 is 10.2 Å². The van der Waals surface area contributed by atoms with E-state index in [4.69, 9.17) is 4.74 Å². The van der Waals surface area contributed by atoms with Gasteiger partial charge >= 0.3 is 0 Å². The second kappa shape index (κ2) is 10.1. The van der Waals surface area contributed by atoms with Crippen LogP contribution >= 0.6 is 11.8 Å². The highest BCUT2D eigenvalue weighted by atomic mass is 32.2. The van der Waals surface area contributed by atoms with Gasteiger partial charge in [-0.1, -0.05) is 48.2 Å². The molecule has 1 aliphatic heterocycles. The molecule has 2 aromatic heterocycles. The number of carbonyl (C=O) groups excluding carboxylic acids is 1. The summed E-state index contributed by atoms with van der Waals surface area (Å²) in [5.41, 5.74) is 3.30. The van der Waals surface area contributed by atoms with E-state index in [0.29, 0.717) is 24.9 Å². The van der Waals surface area contributed by atoms with E-state index in [1.165, 1.54) is 22.7 Å². The first-order valence-electron chi connectivity index (χ1n) is 11.1. The summed E-state index contributed by atoms with van der Waals surface area (Å²) >= 11 is 1.40. The molecule has 0 saturated carbocycles. The summed E-state index contributed by atoms with van der Waals surface area (Å²) in [5.74, 6) is 1.05. The van der Waals surface area contributed by atoms with Gasteiger partial charge in [-0.05, 0) is 30.2 Å². The molecule has 0 radical (unpaired) electrons. The first kappa shape index (κ1) is 21.5. The van der Waals surface area contributed by atoms with Crippen LogP contribution in [0.5, 0.6) is 0 Å². The van der Waals surface area contributed by atoms with Crippen LogP contribution in [0.15, 0.2) is 66.0 Å². The fraction of sp³-hybridized carbons (Fsp3) is 0.292. The SMILES string of the molecule is O=C(CSc1nnc(N2CCOCC2)n1-c1ccccc1)NCCc1c[nH]c2ccccc12. The molecule has 3 heterocycles. The fourth-order valence-corrected chi connectivity index (χ4v) is 4.76. The number of aromatic amines is 1. The van der Waals surface area contributed by atoms with E-state index in [0.717, 1.165) is 36.7 Å². The number of hydrogen-bond donors (Lipinski definition) is 2. The van der Waals surface area contributed by atoms with Crippen LogP contribution in [0.2, 0.25) is 0 Å². The number of aromatic nitrogens is 4. The number of anilines is 1. The van der Waals surface area contributed by atoms with Crippen molar-refractivity contribution >= 4 is 34.5 Å². The van der Waals surface area contributed by atoms with Crippen molar-refractivity contribution in [2.45, 2.75) is 11.6 Å². The molecule has 1 aliphatic rings. The normalized spacial score (nSPS) is 14.0. The Morgan fingerprint density at radius 2 is 1.85 bits per heavy atom. The Morgan fingerprint density at radius 3 is 2.70 bits per heavy atom. The number of fused-ring (bicyclic) bond motifs is 1. The minimum absolute atomic E-state index is 0.0182. The standard InChI is InChI=1S/C24H26N6O2S/c31-22(25-11-10-18-16-26-21-9-5-4-8-20(18)21)17-33-24-28-27-23(29-12-14-32-15-13-29)30(24)19-6-2-1-3-7-19/h1-9,16,26H,10-15,17H2,(H,25,31). The van der Waals surface area contributed by atoms with Crippen LogP contribution in [0.3, 0.4) is 0 Å². The Labute approximate surface area is 196 Å². The van der Waals surface area contributed by atoms with Gasteiger partial charge in [0.25, 0.3) is 0 Å². The third kappa shape index (κ3) is 4.89. The second-order valence-corrected chi connectivity index (χ2v) is 8.74. The van der Waals surface area contributed by atoms with E-state index in [1.807, 2.05) is 53.2 Å². The third-order valence-electron chi connectivity index (χ3n) is 5.65. The number of H-pyrrole nitrogens is 1. The van der Waals surface area contributed by atoms with Crippen molar-refractivity contribution in [2.24, 2.45) is 0 Å². The Balaban J connectivity index is 1.22. The first-order chi connectivity index (χ1) is 16.3. The van der Waals surface area contributed by atoms with Crippen molar-refractivity contribution in [2.75, 3.05) is 43.5 Å². The molecule has 2 N–H and O–H groups in total. The molecule has 0 spiro atoms. The maximum absolute atomic E-state index is 12.5. The molecule has 0 aliphatic carbocycles. The number of carbonyl (C=O) groups is 1. The van der Waals surface area contributed by atoms with Crippen molar-refractivity contribution in [1.29, 1.82) is 0 Å². The Bertz CT molecular complexity index is 1220. The number of amides is 1. The average molecular weight is 463 g/mol. The van der Waals surface area contributed by atoms with E-state index < -0.39 is 0 Å². The van der Waals surface area contributed by atoms with Gasteiger partial charge in [-0.15, -0.1) is 10.2 Å². The molecule has 1 saturated heterocycles. The topological polar surface area (TPSA) is 88.1 Å². The quantitative estimate of drug-likeness (QED) is 0.392. The molecule has 1 fully saturated rings. The predicted octanol–water partition coefficient (Wildman–Crippen LogP) is 3.04. The summed E-state index contributed by atoms with van der Waals surface area (Å²) in [6.45, 7) is 3.46. The number of benzene rings is 2. The Morgan fingerprint density at radius 1 is 1.06 bits per heavy atom. The Hall–Kier alpha value is -3.30. The largest absolute Gasteiger partial charge is 0.378 e. The molecule has 0 bridgehead atoms. The summed E-state index contributed by atoms with van der Waals surface area (Å²) in [7, 11) is 0. The maximum Gasteiger partial charge on any atom is 0.232 e. The van der Waals surface area contributed by atoms with Gasteiger partial charge in [0.05, 0.1) is 24.7 Å². The maximum atomic E-state index is 12.5. The third-order valence-corrected chi connectivity index (χ3v) is 6.58. The van der Waals surface area contributed by atoms with Crippen LogP contribution in [0.25, 0.3) is 16.6 Å². The van der Waals surface area contributed by atoms with Crippen LogP contribution in [-0.2, 0) is 16.0 Å². The molecule has 5 rings (SSSR count). The fourth-order valence-electron chi connectivity index (χ4n) is 3.98. The van der Waals surface area contributed by atoms with Gasteiger partial charge in [0.1, 0.15) is 0 Å². The Kier molecular flexibility index (Phi) is 6.59. The van der Waals surface area contributed by atoms with Gasteiger partial charge in [0, 0.05) is 36.7 Å². The van der Waals surface area contributed by atoms with E-state index in [2.05, 4.69) is 37.5 Å². The smallest absolute Gasteiger partial charge is 0.232 e. The minimum atomic E-state index is -0.0182. The number of rotatable bonds is 8. The van der Waals surface area contributed by atoms with Gasteiger partial charge in [-0.25, -0.2) is 0 Å². The monoisotopic (exact) mass is 462 g/mol.